The summed E-state index contributed by atoms with van der Waals surface area (Å²) in [6.07, 6.45) is 1.56. The number of aromatic nitrogens is 2. The molecular formula is C24H23N3O4. The Morgan fingerprint density at radius 3 is 2.29 bits per heavy atom. The summed E-state index contributed by atoms with van der Waals surface area (Å²) in [5.74, 6) is -1.21. The van der Waals surface area contributed by atoms with Crippen LogP contribution in [0.25, 0.3) is 11.1 Å². The zero-order chi connectivity index (χ0) is 21.5. The van der Waals surface area contributed by atoms with Crippen LogP contribution in [0.15, 0.2) is 60.8 Å². The summed E-state index contributed by atoms with van der Waals surface area (Å²) >= 11 is 0. The number of ether oxygens (including phenoxy) is 1. The fraction of sp³-hybridized carbons (Fsp3) is 0.292. The van der Waals surface area contributed by atoms with Crippen LogP contribution in [0.1, 0.15) is 35.1 Å². The Kier molecular flexibility index (Phi) is 4.73. The molecule has 158 valence electrons. The van der Waals surface area contributed by atoms with Crippen LogP contribution in [0.5, 0.6) is 0 Å². The first kappa shape index (κ1) is 19.4. The van der Waals surface area contributed by atoms with E-state index in [0.717, 1.165) is 27.9 Å². The van der Waals surface area contributed by atoms with Crippen LogP contribution in [0, 0.1) is 0 Å². The average Bonchev–Trinajstić information content (AvgIpc) is 3.48. The lowest BCUT2D eigenvalue weighted by molar-refractivity contribution is -0.141. The molecular weight excluding hydrogens is 394 g/mol. The first-order valence-electron chi connectivity index (χ1n) is 10.4. The maximum atomic E-state index is 12.9. The highest BCUT2D eigenvalue weighted by atomic mass is 16.6. The predicted molar refractivity (Wildman–Crippen MR) is 114 cm³/mol. The fourth-order valence-electron chi connectivity index (χ4n) is 4.81. The number of hydrogen-bond donors (Lipinski definition) is 1. The maximum absolute atomic E-state index is 12.9. The van der Waals surface area contributed by atoms with E-state index in [1.165, 1.54) is 4.90 Å². The molecule has 2 aromatic carbocycles. The fourth-order valence-corrected chi connectivity index (χ4v) is 4.81. The largest absolute Gasteiger partial charge is 0.480 e. The van der Waals surface area contributed by atoms with Crippen molar-refractivity contribution in [1.82, 2.24) is 14.7 Å². The lowest BCUT2D eigenvalue weighted by atomic mass is 9.98. The molecule has 2 aliphatic rings. The minimum absolute atomic E-state index is 0.0613. The number of rotatable bonds is 4. The minimum Gasteiger partial charge on any atom is -0.480 e. The molecule has 2 heterocycles. The molecule has 0 radical (unpaired) electrons. The van der Waals surface area contributed by atoms with Gasteiger partial charge in [0.2, 0.25) is 0 Å². The van der Waals surface area contributed by atoms with Gasteiger partial charge < -0.3 is 9.84 Å². The highest BCUT2D eigenvalue weighted by molar-refractivity contribution is 5.82. The summed E-state index contributed by atoms with van der Waals surface area (Å²) < 4.78 is 7.37. The van der Waals surface area contributed by atoms with Gasteiger partial charge in [0.25, 0.3) is 0 Å². The molecule has 0 saturated carbocycles. The van der Waals surface area contributed by atoms with Crippen LogP contribution in [0.2, 0.25) is 0 Å². The van der Waals surface area contributed by atoms with Crippen LogP contribution in [0.3, 0.4) is 0 Å². The van der Waals surface area contributed by atoms with E-state index in [1.54, 1.807) is 4.68 Å². The molecule has 1 aliphatic carbocycles. The number of nitrogens with zero attached hydrogens (tertiary/aromatic N) is 3. The number of carboxylic acids is 1. The van der Waals surface area contributed by atoms with Crippen molar-refractivity contribution < 1.29 is 19.4 Å². The Bertz CT molecular complexity index is 1110. The SMILES string of the molecule is Cn1ccc(C2C[C@@H](C(=O)O)N(C(=O)OCC3c4ccccc4-c4ccccc43)C2)n1. The number of aryl methyl sites for hydroxylation is 1. The number of fused-ring (bicyclic) bond motifs is 3. The number of carboxylic acid groups (broad SMARTS) is 1. The molecule has 1 N–H and O–H groups in total. The first-order chi connectivity index (χ1) is 15.0. The van der Waals surface area contributed by atoms with Gasteiger partial charge in [0.1, 0.15) is 12.6 Å². The zero-order valence-corrected chi connectivity index (χ0v) is 17.1. The van der Waals surface area contributed by atoms with Crippen molar-refractivity contribution in [1.29, 1.82) is 0 Å². The molecule has 2 atom stereocenters. The van der Waals surface area contributed by atoms with Crippen LogP contribution in [-0.2, 0) is 16.6 Å². The van der Waals surface area contributed by atoms with Crippen molar-refractivity contribution in [2.45, 2.75) is 24.3 Å². The lowest BCUT2D eigenvalue weighted by Crippen LogP contribution is -2.41. The van der Waals surface area contributed by atoms with Crippen molar-refractivity contribution in [3.8, 4) is 11.1 Å². The summed E-state index contributed by atoms with van der Waals surface area (Å²) in [7, 11) is 1.82. The van der Waals surface area contributed by atoms with E-state index in [4.69, 9.17) is 4.74 Å². The number of hydrogen-bond acceptors (Lipinski definition) is 4. The van der Waals surface area contributed by atoms with Crippen molar-refractivity contribution in [3.05, 3.63) is 77.6 Å². The highest BCUT2D eigenvalue weighted by Gasteiger charge is 2.42. The molecule has 5 rings (SSSR count). The minimum atomic E-state index is -1.02. The lowest BCUT2D eigenvalue weighted by Gasteiger charge is -2.22. The van der Waals surface area contributed by atoms with E-state index < -0.39 is 18.1 Å². The molecule has 7 heteroatoms. The third-order valence-electron chi connectivity index (χ3n) is 6.31. The van der Waals surface area contributed by atoms with Gasteiger partial charge in [0.15, 0.2) is 0 Å². The van der Waals surface area contributed by atoms with Gasteiger partial charge in [0.05, 0.1) is 5.69 Å². The van der Waals surface area contributed by atoms with Crippen molar-refractivity contribution in [2.75, 3.05) is 13.2 Å². The van der Waals surface area contributed by atoms with Gasteiger partial charge in [-0.15, -0.1) is 0 Å². The summed E-state index contributed by atoms with van der Waals surface area (Å²) in [5.41, 5.74) is 5.35. The number of benzene rings is 2. The Hall–Kier alpha value is -3.61. The molecule has 1 fully saturated rings. The molecule has 7 nitrogen and oxygen atoms in total. The molecule has 1 aliphatic heterocycles. The van der Waals surface area contributed by atoms with E-state index in [0.29, 0.717) is 6.42 Å². The summed E-state index contributed by atoms with van der Waals surface area (Å²) in [6.45, 7) is 0.453. The van der Waals surface area contributed by atoms with Gasteiger partial charge in [-0.3, -0.25) is 9.58 Å². The van der Waals surface area contributed by atoms with Gasteiger partial charge in [-0.2, -0.15) is 5.10 Å². The Balaban J connectivity index is 1.34. The summed E-state index contributed by atoms with van der Waals surface area (Å²) in [4.78, 5) is 26.1. The van der Waals surface area contributed by atoms with E-state index >= 15 is 0 Å². The molecule has 1 unspecified atom stereocenters. The van der Waals surface area contributed by atoms with E-state index in [9.17, 15) is 14.7 Å². The second-order valence-electron chi connectivity index (χ2n) is 8.16. The van der Waals surface area contributed by atoms with E-state index in [1.807, 2.05) is 43.6 Å². The topological polar surface area (TPSA) is 84.7 Å². The number of likely N-dealkylation sites (tertiary alicyclic amines) is 1. The number of carbonyl (C=O) groups excluding carboxylic acids is 1. The summed E-state index contributed by atoms with van der Waals surface area (Å²) in [6, 6.07) is 17.2. The molecule has 0 bridgehead atoms. The molecule has 3 aromatic rings. The van der Waals surface area contributed by atoms with Crippen LogP contribution >= 0.6 is 0 Å². The van der Waals surface area contributed by atoms with Crippen LogP contribution < -0.4 is 0 Å². The van der Waals surface area contributed by atoms with E-state index in [-0.39, 0.29) is 25.0 Å². The Labute approximate surface area is 179 Å². The van der Waals surface area contributed by atoms with E-state index in [2.05, 4.69) is 29.4 Å². The monoisotopic (exact) mass is 417 g/mol. The van der Waals surface area contributed by atoms with Gasteiger partial charge in [0, 0.05) is 31.6 Å². The third kappa shape index (κ3) is 3.36. The van der Waals surface area contributed by atoms with Gasteiger partial charge in [-0.25, -0.2) is 9.59 Å². The highest BCUT2D eigenvalue weighted by Crippen LogP contribution is 2.44. The maximum Gasteiger partial charge on any atom is 0.410 e. The number of carbonyl (C=O) groups is 2. The summed E-state index contributed by atoms with van der Waals surface area (Å²) in [5, 5.41) is 14.1. The third-order valence-corrected chi connectivity index (χ3v) is 6.31. The predicted octanol–water partition coefficient (Wildman–Crippen LogP) is 3.61. The van der Waals surface area contributed by atoms with Crippen LogP contribution in [-0.4, -0.2) is 51.0 Å². The molecule has 31 heavy (non-hydrogen) atoms. The van der Waals surface area contributed by atoms with Gasteiger partial charge in [-0.05, 0) is 34.7 Å². The Morgan fingerprint density at radius 2 is 1.71 bits per heavy atom. The standard InChI is InChI=1S/C24H23N3O4/c1-26-11-10-21(25-26)15-12-22(23(28)29)27(13-15)24(30)31-14-20-18-8-4-2-6-16(18)17-7-3-5-9-19(17)20/h2-11,15,20,22H,12-14H2,1H3,(H,28,29)/t15?,22-/m0/s1. The molecule has 1 amide bonds. The molecule has 0 spiro atoms. The van der Waals surface area contributed by atoms with Crippen LogP contribution in [0.4, 0.5) is 4.79 Å². The first-order valence-corrected chi connectivity index (χ1v) is 10.4. The number of amides is 1. The number of aliphatic carboxylic acids is 1. The van der Waals surface area contributed by atoms with Crippen molar-refractivity contribution >= 4 is 12.1 Å². The quantitative estimate of drug-likeness (QED) is 0.701. The second kappa shape index (κ2) is 7.58. The van der Waals surface area contributed by atoms with Crippen molar-refractivity contribution in [2.24, 2.45) is 7.05 Å². The Morgan fingerprint density at radius 1 is 1.06 bits per heavy atom. The van der Waals surface area contributed by atoms with Crippen molar-refractivity contribution in [3.63, 3.8) is 0 Å². The molecule has 1 aromatic heterocycles. The second-order valence-corrected chi connectivity index (χ2v) is 8.16. The molecule has 1 saturated heterocycles. The average molecular weight is 417 g/mol. The zero-order valence-electron chi connectivity index (χ0n) is 17.1. The van der Waals surface area contributed by atoms with Gasteiger partial charge >= 0.3 is 12.1 Å². The smallest absolute Gasteiger partial charge is 0.410 e. The van der Waals surface area contributed by atoms with Gasteiger partial charge in [-0.1, -0.05) is 48.5 Å². The normalized spacial score (nSPS) is 19.8.